The van der Waals surface area contributed by atoms with E-state index in [1.54, 1.807) is 11.3 Å². The Morgan fingerprint density at radius 1 is 0.477 bits per heavy atom. The summed E-state index contributed by atoms with van der Waals surface area (Å²) in [5.41, 5.74) is 8.43. The molecule has 0 saturated carbocycles. The summed E-state index contributed by atoms with van der Waals surface area (Å²) in [4.78, 5) is 0. The molecule has 2 aromatic heterocycles. The van der Waals surface area contributed by atoms with E-state index in [-0.39, 0.29) is 0 Å². The Hall–Kier alpha value is -6.19. The number of nitrogens with zero attached hydrogens (tertiary/aromatic N) is 4. The molecule has 0 atom stereocenters. The Labute approximate surface area is 257 Å². The van der Waals surface area contributed by atoms with Crippen molar-refractivity contribution in [2.24, 2.45) is 0 Å². The van der Waals surface area contributed by atoms with E-state index in [0.717, 1.165) is 49.7 Å². The Bertz CT molecular complexity index is 2530. The molecule has 0 aliphatic carbocycles. The molecule has 0 bridgehead atoms. The normalized spacial score (nSPS) is 11.1. The van der Waals surface area contributed by atoms with Crippen molar-refractivity contribution in [1.29, 1.82) is 15.8 Å². The van der Waals surface area contributed by atoms with Gasteiger partial charge in [0.2, 0.25) is 0 Å². The summed E-state index contributed by atoms with van der Waals surface area (Å²) < 4.78 is 4.69. The van der Waals surface area contributed by atoms with Gasteiger partial charge in [0.25, 0.3) is 0 Å². The number of nitriles is 3. The van der Waals surface area contributed by atoms with Gasteiger partial charge < -0.3 is 4.57 Å². The average Bonchev–Trinajstić information content (AvgIpc) is 3.62. The summed E-state index contributed by atoms with van der Waals surface area (Å²) in [5.74, 6) is 0. The van der Waals surface area contributed by atoms with E-state index < -0.39 is 0 Å². The second-order valence-corrected chi connectivity index (χ2v) is 11.8. The summed E-state index contributed by atoms with van der Waals surface area (Å²) >= 11 is 1.79. The first kappa shape index (κ1) is 25.5. The van der Waals surface area contributed by atoms with Gasteiger partial charge in [-0.2, -0.15) is 15.8 Å². The molecule has 8 aromatic rings. The van der Waals surface area contributed by atoms with Gasteiger partial charge in [-0.1, -0.05) is 42.5 Å². The van der Waals surface area contributed by atoms with Crippen molar-refractivity contribution < 1.29 is 0 Å². The van der Waals surface area contributed by atoms with Crippen LogP contribution in [0.1, 0.15) is 16.7 Å². The fraction of sp³-hybridized carbons (Fsp3) is 0. The first-order chi connectivity index (χ1) is 21.6. The van der Waals surface area contributed by atoms with Crippen molar-refractivity contribution in [1.82, 2.24) is 4.57 Å². The van der Waals surface area contributed by atoms with Gasteiger partial charge in [-0.15, -0.1) is 11.3 Å². The van der Waals surface area contributed by atoms with Crippen LogP contribution in [0.15, 0.2) is 121 Å². The molecule has 4 nitrogen and oxygen atoms in total. The van der Waals surface area contributed by atoms with E-state index >= 15 is 0 Å². The topological polar surface area (TPSA) is 76.3 Å². The zero-order chi connectivity index (χ0) is 29.8. The summed E-state index contributed by atoms with van der Waals surface area (Å²) in [5, 5.41) is 33.6. The maximum absolute atomic E-state index is 9.99. The second-order valence-electron chi connectivity index (χ2n) is 10.8. The van der Waals surface area contributed by atoms with Crippen LogP contribution in [-0.4, -0.2) is 4.57 Å². The van der Waals surface area contributed by atoms with E-state index in [2.05, 4.69) is 83.4 Å². The van der Waals surface area contributed by atoms with Gasteiger partial charge in [-0.25, -0.2) is 0 Å². The molecule has 0 radical (unpaired) electrons. The number of rotatable bonds is 3. The highest BCUT2D eigenvalue weighted by Crippen LogP contribution is 2.40. The van der Waals surface area contributed by atoms with E-state index in [1.807, 2.05) is 60.7 Å². The standard InChI is InChI=1S/C39H20N4S/c40-21-24-9-12-36-33(15-24)34-16-25(22-41)10-13-37(34)43(36)30-18-28(17-29(19-30)31-6-2-1-5-27(31)23-42)26-11-14-39-35(20-26)32-7-3-4-8-38(32)44-39/h1-20H. The van der Waals surface area contributed by atoms with Crippen LogP contribution in [0.2, 0.25) is 0 Å². The Kier molecular flexibility index (Phi) is 5.78. The van der Waals surface area contributed by atoms with Crippen LogP contribution in [0.25, 0.3) is 69.9 Å². The summed E-state index contributed by atoms with van der Waals surface area (Å²) in [7, 11) is 0. The molecule has 5 heteroatoms. The van der Waals surface area contributed by atoms with Gasteiger partial charge >= 0.3 is 0 Å². The lowest BCUT2D eigenvalue weighted by Gasteiger charge is -2.15. The smallest absolute Gasteiger partial charge is 0.0998 e. The van der Waals surface area contributed by atoms with Gasteiger partial charge in [0, 0.05) is 36.6 Å². The van der Waals surface area contributed by atoms with Crippen molar-refractivity contribution >= 4 is 53.3 Å². The Balaban J connectivity index is 1.45. The third-order valence-electron chi connectivity index (χ3n) is 8.27. The maximum atomic E-state index is 9.99. The number of benzene rings is 6. The fourth-order valence-corrected chi connectivity index (χ4v) is 7.33. The Morgan fingerprint density at radius 2 is 1.14 bits per heavy atom. The third kappa shape index (κ3) is 3.95. The van der Waals surface area contributed by atoms with Crippen LogP contribution in [-0.2, 0) is 0 Å². The van der Waals surface area contributed by atoms with Crippen molar-refractivity contribution in [3.05, 3.63) is 138 Å². The van der Waals surface area contributed by atoms with Crippen molar-refractivity contribution in [3.8, 4) is 46.1 Å². The van der Waals surface area contributed by atoms with Crippen molar-refractivity contribution in [2.75, 3.05) is 0 Å². The van der Waals surface area contributed by atoms with Crippen LogP contribution >= 0.6 is 11.3 Å². The molecular formula is C39H20N4S. The van der Waals surface area contributed by atoms with E-state index in [1.165, 1.54) is 20.2 Å². The van der Waals surface area contributed by atoms with Gasteiger partial charge in [0.05, 0.1) is 45.9 Å². The highest BCUT2D eigenvalue weighted by atomic mass is 32.1. The summed E-state index contributed by atoms with van der Waals surface area (Å²) in [6.45, 7) is 0. The predicted octanol–water partition coefficient (Wildman–Crippen LogP) is 10.1. The molecule has 0 aliphatic rings. The SMILES string of the molecule is N#Cc1ccc2c(c1)c1cc(C#N)ccc1n2-c1cc(-c2ccc3sc4ccccc4c3c2)cc(-c2ccccc2C#N)c1. The van der Waals surface area contributed by atoms with Gasteiger partial charge in [0.1, 0.15) is 0 Å². The molecule has 0 aliphatic heterocycles. The highest BCUT2D eigenvalue weighted by Gasteiger charge is 2.17. The largest absolute Gasteiger partial charge is 0.309 e. The quantitative estimate of drug-likeness (QED) is 0.210. The summed E-state index contributed by atoms with van der Waals surface area (Å²) in [6.07, 6.45) is 0. The van der Waals surface area contributed by atoms with Crippen LogP contribution in [0, 0.1) is 34.0 Å². The third-order valence-corrected chi connectivity index (χ3v) is 9.42. The van der Waals surface area contributed by atoms with Crippen LogP contribution in [0.3, 0.4) is 0 Å². The molecule has 0 amide bonds. The molecule has 2 heterocycles. The van der Waals surface area contributed by atoms with Crippen molar-refractivity contribution in [3.63, 3.8) is 0 Å². The first-order valence-electron chi connectivity index (χ1n) is 14.1. The Morgan fingerprint density at radius 3 is 1.86 bits per heavy atom. The zero-order valence-electron chi connectivity index (χ0n) is 23.2. The number of thiophene rings is 1. The van der Waals surface area contributed by atoms with E-state index in [4.69, 9.17) is 0 Å². The fourth-order valence-electron chi connectivity index (χ4n) is 6.24. The molecule has 8 rings (SSSR count). The van der Waals surface area contributed by atoms with Gasteiger partial charge in [-0.3, -0.25) is 0 Å². The van der Waals surface area contributed by atoms with E-state index in [0.29, 0.717) is 16.7 Å². The molecule has 0 fully saturated rings. The van der Waals surface area contributed by atoms with Gasteiger partial charge in [0.15, 0.2) is 0 Å². The number of hydrogen-bond acceptors (Lipinski definition) is 4. The molecule has 202 valence electrons. The number of aromatic nitrogens is 1. The van der Waals surface area contributed by atoms with E-state index in [9.17, 15) is 15.8 Å². The minimum Gasteiger partial charge on any atom is -0.309 e. The lowest BCUT2D eigenvalue weighted by Crippen LogP contribution is -1.97. The highest BCUT2D eigenvalue weighted by molar-refractivity contribution is 7.25. The molecule has 0 N–H and O–H groups in total. The molecule has 0 unspecified atom stereocenters. The first-order valence-corrected chi connectivity index (χ1v) is 14.9. The average molecular weight is 577 g/mol. The lowest BCUT2D eigenvalue weighted by molar-refractivity contribution is 1.18. The molecule has 44 heavy (non-hydrogen) atoms. The van der Waals surface area contributed by atoms with Crippen LogP contribution in [0.5, 0.6) is 0 Å². The number of fused-ring (bicyclic) bond motifs is 6. The summed E-state index contributed by atoms with van der Waals surface area (Å²) in [6, 6.07) is 47.5. The minimum absolute atomic E-state index is 0.563. The zero-order valence-corrected chi connectivity index (χ0v) is 24.1. The minimum atomic E-state index is 0.563. The molecule has 0 spiro atoms. The monoisotopic (exact) mass is 576 g/mol. The van der Waals surface area contributed by atoms with Gasteiger partial charge in [-0.05, 0) is 101 Å². The lowest BCUT2D eigenvalue weighted by atomic mass is 9.94. The molecule has 6 aromatic carbocycles. The molecule has 0 saturated heterocycles. The predicted molar refractivity (Wildman–Crippen MR) is 179 cm³/mol. The second kappa shape index (κ2) is 9.97. The number of hydrogen-bond donors (Lipinski definition) is 0. The van der Waals surface area contributed by atoms with Crippen LogP contribution in [0.4, 0.5) is 0 Å². The van der Waals surface area contributed by atoms with Crippen molar-refractivity contribution in [2.45, 2.75) is 0 Å². The van der Waals surface area contributed by atoms with Crippen LogP contribution < -0.4 is 0 Å². The molecular weight excluding hydrogens is 557 g/mol. The maximum Gasteiger partial charge on any atom is 0.0998 e.